The molecule has 0 aliphatic carbocycles. The smallest absolute Gasteiger partial charge is 0.185 e. The Labute approximate surface area is 117 Å². The zero-order chi connectivity index (χ0) is 12.5. The highest BCUT2D eigenvalue weighted by molar-refractivity contribution is 7.98. The molecule has 0 bridgehead atoms. The van der Waals surface area contributed by atoms with E-state index in [4.69, 9.17) is 23.8 Å². The normalized spacial score (nSPS) is 9.76. The molecule has 94 valence electrons. The summed E-state index contributed by atoms with van der Waals surface area (Å²) in [6.07, 6.45) is 3.19. The fraction of sp³-hybridized carbons (Fsp3) is 0.364. The topological polar surface area (TPSA) is 36.1 Å². The molecule has 0 aliphatic heterocycles. The van der Waals surface area contributed by atoms with Gasteiger partial charge in [-0.05, 0) is 42.8 Å². The SMILES string of the molecule is CSCCCNC(=S)NNc1ccccc1Cl. The van der Waals surface area contributed by atoms with Crippen LogP contribution in [0.25, 0.3) is 0 Å². The van der Waals surface area contributed by atoms with Crippen molar-refractivity contribution in [3.63, 3.8) is 0 Å². The molecule has 0 saturated carbocycles. The third kappa shape index (κ3) is 6.00. The first-order valence-corrected chi connectivity index (χ1v) is 7.45. The Bertz CT molecular complexity index is 360. The highest BCUT2D eigenvalue weighted by Gasteiger charge is 1.98. The highest BCUT2D eigenvalue weighted by Crippen LogP contribution is 2.19. The Morgan fingerprint density at radius 1 is 1.41 bits per heavy atom. The van der Waals surface area contributed by atoms with Gasteiger partial charge in [-0.1, -0.05) is 23.7 Å². The molecule has 0 fully saturated rings. The van der Waals surface area contributed by atoms with Gasteiger partial charge in [0.25, 0.3) is 0 Å². The molecule has 0 saturated heterocycles. The van der Waals surface area contributed by atoms with Crippen molar-refractivity contribution in [2.75, 3.05) is 24.0 Å². The van der Waals surface area contributed by atoms with Crippen molar-refractivity contribution in [3.8, 4) is 0 Å². The lowest BCUT2D eigenvalue weighted by molar-refractivity contribution is 0.833. The van der Waals surface area contributed by atoms with Crippen LogP contribution in [0.5, 0.6) is 0 Å². The molecule has 0 heterocycles. The van der Waals surface area contributed by atoms with Crippen molar-refractivity contribution >= 4 is 46.4 Å². The first kappa shape index (κ1) is 14.4. The van der Waals surface area contributed by atoms with E-state index in [1.165, 1.54) is 0 Å². The summed E-state index contributed by atoms with van der Waals surface area (Å²) >= 11 is 12.9. The summed E-state index contributed by atoms with van der Waals surface area (Å²) in [4.78, 5) is 0. The summed E-state index contributed by atoms with van der Waals surface area (Å²) in [7, 11) is 0. The molecule has 1 rings (SSSR count). The van der Waals surface area contributed by atoms with Crippen LogP contribution in [0.15, 0.2) is 24.3 Å². The standard InChI is InChI=1S/C11H16ClN3S2/c1-17-8-4-7-13-11(16)15-14-10-6-3-2-5-9(10)12/h2-3,5-6,14H,4,7-8H2,1H3,(H2,13,15,16). The summed E-state index contributed by atoms with van der Waals surface area (Å²) in [5, 5.41) is 4.34. The van der Waals surface area contributed by atoms with Crippen LogP contribution in [-0.4, -0.2) is 23.7 Å². The van der Waals surface area contributed by atoms with E-state index in [2.05, 4.69) is 22.4 Å². The molecule has 0 spiro atoms. The Morgan fingerprint density at radius 3 is 2.88 bits per heavy atom. The van der Waals surface area contributed by atoms with E-state index in [-0.39, 0.29) is 0 Å². The molecule has 1 aromatic rings. The number of anilines is 1. The average molecular weight is 290 g/mol. The summed E-state index contributed by atoms with van der Waals surface area (Å²) in [6.45, 7) is 0.872. The Hall–Kier alpha value is -0.650. The van der Waals surface area contributed by atoms with E-state index < -0.39 is 0 Å². The number of halogens is 1. The lowest BCUT2D eigenvalue weighted by Gasteiger charge is -2.13. The van der Waals surface area contributed by atoms with E-state index in [0.717, 1.165) is 24.4 Å². The van der Waals surface area contributed by atoms with Crippen LogP contribution >= 0.6 is 35.6 Å². The lowest BCUT2D eigenvalue weighted by Crippen LogP contribution is -2.39. The van der Waals surface area contributed by atoms with Gasteiger partial charge in [0.15, 0.2) is 5.11 Å². The van der Waals surface area contributed by atoms with Gasteiger partial charge < -0.3 is 5.32 Å². The minimum atomic E-state index is 0.575. The monoisotopic (exact) mass is 289 g/mol. The van der Waals surface area contributed by atoms with E-state index in [0.29, 0.717) is 10.1 Å². The van der Waals surface area contributed by atoms with Crippen molar-refractivity contribution in [3.05, 3.63) is 29.3 Å². The van der Waals surface area contributed by atoms with Gasteiger partial charge in [0, 0.05) is 6.54 Å². The first-order valence-electron chi connectivity index (χ1n) is 5.27. The molecular weight excluding hydrogens is 274 g/mol. The van der Waals surface area contributed by atoms with Crippen molar-refractivity contribution in [1.29, 1.82) is 0 Å². The van der Waals surface area contributed by atoms with Crippen molar-refractivity contribution in [1.82, 2.24) is 10.7 Å². The molecular formula is C11H16ClN3S2. The number of hydrogen-bond acceptors (Lipinski definition) is 3. The maximum atomic E-state index is 5.98. The summed E-state index contributed by atoms with van der Waals surface area (Å²) in [6, 6.07) is 7.49. The predicted octanol–water partition coefficient (Wildman–Crippen LogP) is 2.88. The molecule has 0 radical (unpaired) electrons. The zero-order valence-electron chi connectivity index (χ0n) is 9.63. The summed E-state index contributed by atoms with van der Waals surface area (Å²) in [5.41, 5.74) is 6.67. The molecule has 0 aliphatic rings. The number of para-hydroxylation sites is 1. The number of hydrazine groups is 1. The van der Waals surface area contributed by atoms with Gasteiger partial charge in [0.1, 0.15) is 0 Å². The highest BCUT2D eigenvalue weighted by atomic mass is 35.5. The Kier molecular flexibility index (Phi) is 7.16. The van der Waals surface area contributed by atoms with Crippen LogP contribution < -0.4 is 16.2 Å². The van der Waals surface area contributed by atoms with E-state index in [1.54, 1.807) is 0 Å². The molecule has 0 aromatic heterocycles. The Morgan fingerprint density at radius 2 is 2.18 bits per heavy atom. The van der Waals surface area contributed by atoms with Crippen LogP contribution in [0, 0.1) is 0 Å². The maximum absolute atomic E-state index is 5.98. The van der Waals surface area contributed by atoms with E-state index in [1.807, 2.05) is 36.0 Å². The second kappa shape index (κ2) is 8.44. The molecule has 3 N–H and O–H groups in total. The number of thiocarbonyl (C=S) groups is 1. The van der Waals surface area contributed by atoms with E-state index >= 15 is 0 Å². The number of hydrogen-bond donors (Lipinski definition) is 3. The number of nitrogens with one attached hydrogen (secondary N) is 3. The second-order valence-electron chi connectivity index (χ2n) is 3.33. The van der Waals surface area contributed by atoms with Crippen molar-refractivity contribution < 1.29 is 0 Å². The fourth-order valence-electron chi connectivity index (χ4n) is 1.15. The van der Waals surface area contributed by atoms with Crippen molar-refractivity contribution in [2.45, 2.75) is 6.42 Å². The molecule has 0 atom stereocenters. The van der Waals surface area contributed by atoms with Gasteiger partial charge in [-0.2, -0.15) is 11.8 Å². The Balaban J connectivity index is 2.22. The molecule has 1 aromatic carbocycles. The van der Waals surface area contributed by atoms with Crippen LogP contribution in [-0.2, 0) is 0 Å². The van der Waals surface area contributed by atoms with Gasteiger partial charge in [-0.25, -0.2) is 0 Å². The summed E-state index contributed by atoms with van der Waals surface area (Å²) < 4.78 is 0. The average Bonchev–Trinajstić information content (AvgIpc) is 2.34. The quantitative estimate of drug-likeness (QED) is 0.426. The molecule has 0 unspecified atom stereocenters. The fourth-order valence-corrected chi connectivity index (χ4v) is 1.92. The van der Waals surface area contributed by atoms with Crippen LogP contribution in [0.3, 0.4) is 0 Å². The van der Waals surface area contributed by atoms with Gasteiger partial charge in [0.2, 0.25) is 0 Å². The molecule has 3 nitrogen and oxygen atoms in total. The molecule has 17 heavy (non-hydrogen) atoms. The van der Waals surface area contributed by atoms with E-state index in [9.17, 15) is 0 Å². The number of thioether (sulfide) groups is 1. The van der Waals surface area contributed by atoms with Crippen LogP contribution in [0.2, 0.25) is 5.02 Å². The summed E-state index contributed by atoms with van der Waals surface area (Å²) in [5.74, 6) is 1.13. The number of rotatable bonds is 6. The largest absolute Gasteiger partial charge is 0.361 e. The van der Waals surface area contributed by atoms with Gasteiger partial charge >= 0.3 is 0 Å². The van der Waals surface area contributed by atoms with Gasteiger partial charge in [-0.3, -0.25) is 10.9 Å². The first-order chi connectivity index (χ1) is 8.24. The molecule has 0 amide bonds. The predicted molar refractivity (Wildman–Crippen MR) is 81.8 cm³/mol. The van der Waals surface area contributed by atoms with Gasteiger partial charge in [-0.15, -0.1) is 0 Å². The minimum Gasteiger partial charge on any atom is -0.361 e. The maximum Gasteiger partial charge on any atom is 0.185 e. The van der Waals surface area contributed by atoms with Gasteiger partial charge in [0.05, 0.1) is 10.7 Å². The second-order valence-corrected chi connectivity index (χ2v) is 5.13. The minimum absolute atomic E-state index is 0.575. The molecule has 6 heteroatoms. The third-order valence-electron chi connectivity index (χ3n) is 2.00. The van der Waals surface area contributed by atoms with Crippen LogP contribution in [0.4, 0.5) is 5.69 Å². The zero-order valence-corrected chi connectivity index (χ0v) is 12.0. The third-order valence-corrected chi connectivity index (χ3v) is 3.27. The van der Waals surface area contributed by atoms with Crippen LogP contribution in [0.1, 0.15) is 6.42 Å². The lowest BCUT2D eigenvalue weighted by atomic mass is 10.3. The van der Waals surface area contributed by atoms with Crippen molar-refractivity contribution in [2.24, 2.45) is 0 Å². The number of benzene rings is 1.